The second-order valence-corrected chi connectivity index (χ2v) is 9.33. The number of ether oxygens (including phenoxy) is 1. The van der Waals surface area contributed by atoms with E-state index < -0.39 is 0 Å². The number of carbonyl (C=O) groups excluding carboxylic acids is 1. The first-order valence-electron chi connectivity index (χ1n) is 10.7. The highest BCUT2D eigenvalue weighted by atomic mass is 35.5. The van der Waals surface area contributed by atoms with Gasteiger partial charge in [-0.1, -0.05) is 47.1 Å². The van der Waals surface area contributed by atoms with Gasteiger partial charge in [-0.3, -0.25) is 9.36 Å². The lowest BCUT2D eigenvalue weighted by Crippen LogP contribution is -2.16. The van der Waals surface area contributed by atoms with Crippen molar-refractivity contribution in [3.8, 4) is 22.8 Å². The fraction of sp³-hybridized carbons (Fsp3) is 0.192. The summed E-state index contributed by atoms with van der Waals surface area (Å²) in [5.74, 6) is 1.45. The molecule has 0 aliphatic rings. The Morgan fingerprint density at radius 3 is 2.35 bits per heavy atom. The number of carbonyl (C=O) groups is 1. The van der Waals surface area contributed by atoms with E-state index in [1.165, 1.54) is 11.8 Å². The van der Waals surface area contributed by atoms with Crippen LogP contribution in [0.5, 0.6) is 5.75 Å². The van der Waals surface area contributed by atoms with Crippen LogP contribution in [0.25, 0.3) is 17.1 Å². The number of aryl methyl sites for hydroxylation is 3. The van der Waals surface area contributed by atoms with Gasteiger partial charge in [0.05, 0.1) is 23.6 Å². The molecule has 1 amide bonds. The van der Waals surface area contributed by atoms with E-state index in [0.29, 0.717) is 21.7 Å². The van der Waals surface area contributed by atoms with Crippen LogP contribution >= 0.6 is 23.4 Å². The minimum absolute atomic E-state index is 0.163. The highest BCUT2D eigenvalue weighted by Gasteiger charge is 2.18. The van der Waals surface area contributed by atoms with Crippen LogP contribution in [0.1, 0.15) is 16.7 Å². The number of amides is 1. The lowest BCUT2D eigenvalue weighted by atomic mass is 10.1. The predicted octanol–water partition coefficient (Wildman–Crippen LogP) is 6.25. The van der Waals surface area contributed by atoms with Crippen LogP contribution in [0.2, 0.25) is 5.02 Å². The average molecular weight is 493 g/mol. The Bertz CT molecular complexity index is 1290. The smallest absolute Gasteiger partial charge is 0.234 e. The number of rotatable bonds is 7. The van der Waals surface area contributed by atoms with Gasteiger partial charge in [-0.15, -0.1) is 10.2 Å². The van der Waals surface area contributed by atoms with Crippen molar-refractivity contribution in [2.24, 2.45) is 0 Å². The number of nitrogens with one attached hydrogen (secondary N) is 1. The summed E-state index contributed by atoms with van der Waals surface area (Å²) in [5.41, 5.74) is 5.58. The zero-order valence-corrected chi connectivity index (χ0v) is 21.0. The monoisotopic (exact) mass is 492 g/mol. The molecule has 0 radical (unpaired) electrons. The second-order valence-electron chi connectivity index (χ2n) is 7.98. The van der Waals surface area contributed by atoms with Crippen molar-refractivity contribution in [1.82, 2.24) is 14.8 Å². The molecule has 3 aromatic carbocycles. The fourth-order valence-corrected chi connectivity index (χ4v) is 4.72. The molecule has 4 aromatic rings. The lowest BCUT2D eigenvalue weighted by Gasteiger charge is -2.13. The van der Waals surface area contributed by atoms with Gasteiger partial charge in [-0.05, 0) is 74.4 Å². The van der Waals surface area contributed by atoms with E-state index in [0.717, 1.165) is 33.7 Å². The molecule has 8 heteroatoms. The number of thioether (sulfide) groups is 1. The number of hydrogen-bond donors (Lipinski definition) is 1. The highest BCUT2D eigenvalue weighted by molar-refractivity contribution is 7.99. The number of aromatic nitrogens is 3. The lowest BCUT2D eigenvalue weighted by molar-refractivity contribution is -0.113. The van der Waals surface area contributed by atoms with Gasteiger partial charge < -0.3 is 10.1 Å². The summed E-state index contributed by atoms with van der Waals surface area (Å²) in [6.45, 7) is 5.94. The van der Waals surface area contributed by atoms with Crippen LogP contribution in [0.3, 0.4) is 0 Å². The van der Waals surface area contributed by atoms with E-state index in [4.69, 9.17) is 16.3 Å². The van der Waals surface area contributed by atoms with E-state index in [1.54, 1.807) is 7.11 Å². The van der Waals surface area contributed by atoms with E-state index in [1.807, 2.05) is 86.0 Å². The zero-order chi connectivity index (χ0) is 24.2. The molecule has 0 bridgehead atoms. The van der Waals surface area contributed by atoms with Crippen molar-refractivity contribution >= 4 is 35.0 Å². The van der Waals surface area contributed by atoms with Gasteiger partial charge in [-0.2, -0.15) is 0 Å². The molecule has 6 nitrogen and oxygen atoms in total. The normalized spacial score (nSPS) is 10.9. The van der Waals surface area contributed by atoms with Crippen molar-refractivity contribution in [3.05, 3.63) is 82.4 Å². The summed E-state index contributed by atoms with van der Waals surface area (Å²) in [6, 6.07) is 19.6. The van der Waals surface area contributed by atoms with Gasteiger partial charge in [0, 0.05) is 11.3 Å². The van der Waals surface area contributed by atoms with E-state index >= 15 is 0 Å². The molecule has 0 spiro atoms. The van der Waals surface area contributed by atoms with Crippen molar-refractivity contribution in [3.63, 3.8) is 0 Å². The molecule has 0 saturated heterocycles. The molecule has 0 fully saturated rings. The minimum atomic E-state index is -0.164. The Balaban J connectivity index is 1.61. The van der Waals surface area contributed by atoms with E-state index in [2.05, 4.69) is 15.5 Å². The molecule has 0 unspecified atom stereocenters. The largest absolute Gasteiger partial charge is 0.497 e. The van der Waals surface area contributed by atoms with Crippen LogP contribution in [0.15, 0.2) is 65.8 Å². The molecule has 0 saturated carbocycles. The number of nitrogens with zero attached hydrogens (tertiary/aromatic N) is 3. The Kier molecular flexibility index (Phi) is 7.24. The van der Waals surface area contributed by atoms with Gasteiger partial charge in [0.25, 0.3) is 0 Å². The van der Waals surface area contributed by atoms with Crippen LogP contribution in [-0.4, -0.2) is 33.5 Å². The van der Waals surface area contributed by atoms with Crippen LogP contribution in [-0.2, 0) is 4.79 Å². The molecule has 1 N–H and O–H groups in total. The predicted molar refractivity (Wildman–Crippen MR) is 138 cm³/mol. The number of halogens is 1. The first-order chi connectivity index (χ1) is 16.4. The number of benzene rings is 3. The van der Waals surface area contributed by atoms with Gasteiger partial charge in [0.15, 0.2) is 11.0 Å². The van der Waals surface area contributed by atoms with Crippen molar-refractivity contribution in [2.45, 2.75) is 25.9 Å². The molecule has 0 atom stereocenters. The molecule has 0 aliphatic heterocycles. The maximum atomic E-state index is 12.8. The maximum Gasteiger partial charge on any atom is 0.234 e. The Hall–Kier alpha value is -3.29. The third kappa shape index (κ3) is 5.26. The van der Waals surface area contributed by atoms with Gasteiger partial charge in [-0.25, -0.2) is 0 Å². The summed E-state index contributed by atoms with van der Waals surface area (Å²) in [7, 11) is 1.63. The zero-order valence-electron chi connectivity index (χ0n) is 19.4. The third-order valence-corrected chi connectivity index (χ3v) is 6.53. The summed E-state index contributed by atoms with van der Waals surface area (Å²) >= 11 is 7.67. The number of hydrogen-bond acceptors (Lipinski definition) is 5. The molecule has 174 valence electrons. The fourth-order valence-electron chi connectivity index (χ4n) is 3.60. The Morgan fingerprint density at radius 2 is 1.71 bits per heavy atom. The Labute approximate surface area is 208 Å². The van der Waals surface area contributed by atoms with Gasteiger partial charge in [0.1, 0.15) is 5.75 Å². The minimum Gasteiger partial charge on any atom is -0.497 e. The van der Waals surface area contributed by atoms with E-state index in [9.17, 15) is 4.79 Å². The molecule has 0 aliphatic carbocycles. The van der Waals surface area contributed by atoms with Gasteiger partial charge >= 0.3 is 0 Å². The first kappa shape index (κ1) is 23.9. The van der Waals surface area contributed by atoms with Crippen molar-refractivity contribution in [2.75, 3.05) is 18.2 Å². The highest BCUT2D eigenvalue weighted by Crippen LogP contribution is 2.30. The molecule has 34 heavy (non-hydrogen) atoms. The standard InChI is InChI=1S/C26H25ClN4O2S/c1-16-5-9-20(10-6-16)31-25(19-7-11-21(33-4)12-8-19)29-30-26(31)34-15-23(32)28-24-18(3)13-17(2)14-22(24)27/h5-14H,15H2,1-4H3,(H,28,32). The maximum absolute atomic E-state index is 12.8. The topological polar surface area (TPSA) is 69.0 Å². The van der Waals surface area contributed by atoms with Gasteiger partial charge in [0.2, 0.25) is 5.91 Å². The molecular weight excluding hydrogens is 468 g/mol. The molecule has 1 aromatic heterocycles. The summed E-state index contributed by atoms with van der Waals surface area (Å²) in [6.07, 6.45) is 0. The molecular formula is C26H25ClN4O2S. The van der Waals surface area contributed by atoms with Crippen LogP contribution in [0.4, 0.5) is 5.69 Å². The van der Waals surface area contributed by atoms with Crippen LogP contribution in [0, 0.1) is 20.8 Å². The summed E-state index contributed by atoms with van der Waals surface area (Å²) in [4.78, 5) is 12.8. The van der Waals surface area contributed by atoms with Crippen molar-refractivity contribution in [1.29, 1.82) is 0 Å². The van der Waals surface area contributed by atoms with Crippen molar-refractivity contribution < 1.29 is 9.53 Å². The quantitative estimate of drug-likeness (QED) is 0.309. The Morgan fingerprint density at radius 1 is 1.00 bits per heavy atom. The third-order valence-electron chi connectivity index (χ3n) is 5.30. The summed E-state index contributed by atoms with van der Waals surface area (Å²) in [5, 5.41) is 12.9. The number of anilines is 1. The first-order valence-corrected chi connectivity index (χ1v) is 12.1. The second kappa shape index (κ2) is 10.3. The van der Waals surface area contributed by atoms with Crippen LogP contribution < -0.4 is 10.1 Å². The SMILES string of the molecule is COc1ccc(-c2nnc(SCC(=O)Nc3c(C)cc(C)cc3Cl)n2-c2ccc(C)cc2)cc1. The van der Waals surface area contributed by atoms with E-state index in [-0.39, 0.29) is 11.7 Å². The summed E-state index contributed by atoms with van der Waals surface area (Å²) < 4.78 is 7.24. The average Bonchev–Trinajstić information content (AvgIpc) is 3.24. The number of methoxy groups -OCH3 is 1. The molecule has 4 rings (SSSR count). The molecule has 1 heterocycles.